The zero-order valence-electron chi connectivity index (χ0n) is 10.9. The van der Waals surface area contributed by atoms with Crippen molar-refractivity contribution >= 4 is 45.6 Å². The number of halogens is 1. The summed E-state index contributed by atoms with van der Waals surface area (Å²) in [6.07, 6.45) is 4.69. The highest BCUT2D eigenvalue weighted by Crippen LogP contribution is 2.32. The number of thiocarbonyl (C=S) groups is 1. The van der Waals surface area contributed by atoms with Crippen LogP contribution >= 0.6 is 34.8 Å². The van der Waals surface area contributed by atoms with Gasteiger partial charge in [-0.2, -0.15) is 0 Å². The molecule has 1 aromatic carbocycles. The molecule has 0 spiro atoms. The highest BCUT2D eigenvalue weighted by atomic mass is 127. The Morgan fingerprint density at radius 2 is 1.95 bits per heavy atom. The monoisotopic (exact) mass is 394 g/mol. The van der Waals surface area contributed by atoms with Gasteiger partial charge in [-0.05, 0) is 47.3 Å². The maximum atomic E-state index is 9.74. The molecule has 4 N–H and O–H groups in total. The number of phenolic OH excluding ortho intramolecular Hbond substituents is 2. The molecular formula is C13H19IN2O2S. The summed E-state index contributed by atoms with van der Waals surface area (Å²) in [4.78, 5) is 0. The van der Waals surface area contributed by atoms with E-state index in [1.54, 1.807) is 0 Å². The summed E-state index contributed by atoms with van der Waals surface area (Å²) >= 11 is 7.08. The molecule has 0 aliphatic rings. The maximum Gasteiger partial charge on any atom is 0.170 e. The van der Waals surface area contributed by atoms with Gasteiger partial charge in [0, 0.05) is 12.6 Å². The number of hydrogen-bond donors (Lipinski definition) is 4. The maximum absolute atomic E-state index is 9.74. The first kappa shape index (κ1) is 16.3. The van der Waals surface area contributed by atoms with Gasteiger partial charge >= 0.3 is 0 Å². The van der Waals surface area contributed by atoms with Crippen molar-refractivity contribution in [3.05, 3.63) is 15.7 Å². The second kappa shape index (κ2) is 8.42. The Labute approximate surface area is 132 Å². The highest BCUT2D eigenvalue weighted by molar-refractivity contribution is 14.1. The molecule has 0 saturated carbocycles. The van der Waals surface area contributed by atoms with Crippen molar-refractivity contribution in [2.45, 2.75) is 32.6 Å². The number of anilines is 1. The molecule has 0 radical (unpaired) electrons. The SMILES string of the molecule is CCCCCCNC(=S)Nc1cc(O)c(I)cc1O. The van der Waals surface area contributed by atoms with Crippen LogP contribution in [-0.4, -0.2) is 21.9 Å². The minimum absolute atomic E-state index is 0.0670. The third-order valence-electron chi connectivity index (χ3n) is 2.63. The quantitative estimate of drug-likeness (QED) is 0.195. The van der Waals surface area contributed by atoms with Gasteiger partial charge in [-0.1, -0.05) is 26.2 Å². The van der Waals surface area contributed by atoms with Gasteiger partial charge in [0.25, 0.3) is 0 Å². The van der Waals surface area contributed by atoms with Crippen molar-refractivity contribution < 1.29 is 10.2 Å². The second-order valence-electron chi connectivity index (χ2n) is 4.26. The molecule has 4 nitrogen and oxygen atoms in total. The van der Waals surface area contributed by atoms with Crippen molar-refractivity contribution in [2.75, 3.05) is 11.9 Å². The van der Waals surface area contributed by atoms with Crippen LogP contribution in [0.25, 0.3) is 0 Å². The Kier molecular flexibility index (Phi) is 7.22. The van der Waals surface area contributed by atoms with Gasteiger partial charge in [0.2, 0.25) is 0 Å². The van der Waals surface area contributed by atoms with E-state index in [2.05, 4.69) is 17.6 Å². The number of benzene rings is 1. The summed E-state index contributed by atoms with van der Waals surface area (Å²) in [5.74, 6) is 0.184. The summed E-state index contributed by atoms with van der Waals surface area (Å²) in [6.45, 7) is 2.98. The normalized spacial score (nSPS) is 10.2. The van der Waals surface area contributed by atoms with Gasteiger partial charge < -0.3 is 20.8 Å². The number of hydrogen-bond acceptors (Lipinski definition) is 3. The van der Waals surface area contributed by atoms with E-state index in [1.165, 1.54) is 31.4 Å². The molecule has 1 aromatic rings. The Morgan fingerprint density at radius 3 is 2.63 bits per heavy atom. The third-order valence-corrected chi connectivity index (χ3v) is 3.74. The van der Waals surface area contributed by atoms with Crippen LogP contribution in [0.5, 0.6) is 11.5 Å². The Bertz CT molecular complexity index is 441. The molecule has 0 aliphatic heterocycles. The van der Waals surface area contributed by atoms with Gasteiger partial charge in [0.1, 0.15) is 11.5 Å². The summed E-state index contributed by atoms with van der Waals surface area (Å²) in [5, 5.41) is 25.7. The van der Waals surface area contributed by atoms with Crippen molar-refractivity contribution in [2.24, 2.45) is 0 Å². The lowest BCUT2D eigenvalue weighted by Crippen LogP contribution is -2.29. The van der Waals surface area contributed by atoms with Crippen molar-refractivity contribution in [3.8, 4) is 11.5 Å². The largest absolute Gasteiger partial charge is 0.507 e. The van der Waals surface area contributed by atoms with E-state index < -0.39 is 0 Å². The number of rotatable bonds is 6. The zero-order valence-corrected chi connectivity index (χ0v) is 13.8. The lowest BCUT2D eigenvalue weighted by molar-refractivity contribution is 0.459. The molecule has 0 bridgehead atoms. The average molecular weight is 394 g/mol. The van der Waals surface area contributed by atoms with Crippen LogP contribution in [0.1, 0.15) is 32.6 Å². The van der Waals surface area contributed by atoms with Crippen LogP contribution in [0.2, 0.25) is 0 Å². The van der Waals surface area contributed by atoms with E-state index in [0.717, 1.165) is 13.0 Å². The minimum Gasteiger partial charge on any atom is -0.507 e. The van der Waals surface area contributed by atoms with Crippen LogP contribution in [0.15, 0.2) is 12.1 Å². The lowest BCUT2D eigenvalue weighted by Gasteiger charge is -2.12. The smallest absolute Gasteiger partial charge is 0.170 e. The molecular weight excluding hydrogens is 375 g/mol. The predicted octanol–water partition coefficient (Wildman–Crippen LogP) is 3.57. The van der Waals surface area contributed by atoms with E-state index in [4.69, 9.17) is 12.2 Å². The van der Waals surface area contributed by atoms with Gasteiger partial charge in [0.15, 0.2) is 5.11 Å². The number of phenols is 2. The molecule has 19 heavy (non-hydrogen) atoms. The van der Waals surface area contributed by atoms with Crippen LogP contribution in [0.3, 0.4) is 0 Å². The van der Waals surface area contributed by atoms with Crippen molar-refractivity contribution in [1.29, 1.82) is 0 Å². The summed E-state index contributed by atoms with van der Waals surface area (Å²) in [7, 11) is 0. The first-order valence-electron chi connectivity index (χ1n) is 6.31. The Balaban J connectivity index is 2.42. The van der Waals surface area contributed by atoms with E-state index in [9.17, 15) is 10.2 Å². The molecule has 0 saturated heterocycles. The number of nitrogens with one attached hydrogen (secondary N) is 2. The molecule has 0 heterocycles. The molecule has 0 aromatic heterocycles. The Hall–Kier alpha value is -0.760. The highest BCUT2D eigenvalue weighted by Gasteiger charge is 2.07. The van der Waals surface area contributed by atoms with Gasteiger partial charge in [-0.15, -0.1) is 0 Å². The molecule has 1 rings (SSSR count). The molecule has 0 aliphatic carbocycles. The summed E-state index contributed by atoms with van der Waals surface area (Å²) in [5.41, 5.74) is 0.406. The van der Waals surface area contributed by atoms with Gasteiger partial charge in [-0.3, -0.25) is 0 Å². The number of aromatic hydroxyl groups is 2. The van der Waals surface area contributed by atoms with Crippen LogP contribution in [0, 0.1) is 3.57 Å². The molecule has 0 fully saturated rings. The molecule has 0 amide bonds. The summed E-state index contributed by atoms with van der Waals surface area (Å²) < 4.78 is 0.596. The molecule has 0 atom stereocenters. The third kappa shape index (κ3) is 5.82. The van der Waals surface area contributed by atoms with Gasteiger partial charge in [0.05, 0.1) is 9.26 Å². The van der Waals surface area contributed by atoms with E-state index in [0.29, 0.717) is 14.4 Å². The predicted molar refractivity (Wildman–Crippen MR) is 90.9 cm³/mol. The van der Waals surface area contributed by atoms with Crippen LogP contribution < -0.4 is 10.6 Å². The second-order valence-corrected chi connectivity index (χ2v) is 5.83. The van der Waals surface area contributed by atoms with E-state index in [1.807, 2.05) is 22.6 Å². The molecule has 6 heteroatoms. The lowest BCUT2D eigenvalue weighted by atomic mass is 10.2. The van der Waals surface area contributed by atoms with E-state index in [-0.39, 0.29) is 11.5 Å². The number of unbranched alkanes of at least 4 members (excludes halogenated alkanes) is 3. The van der Waals surface area contributed by atoms with Gasteiger partial charge in [-0.25, -0.2) is 0 Å². The summed E-state index contributed by atoms with van der Waals surface area (Å²) in [6, 6.07) is 2.95. The minimum atomic E-state index is 0.0670. The molecule has 106 valence electrons. The zero-order chi connectivity index (χ0) is 14.3. The standard InChI is InChI=1S/C13H19IN2O2S/c1-2-3-4-5-6-15-13(19)16-10-8-11(17)9(14)7-12(10)18/h7-8,17-18H,2-6H2,1H3,(H2,15,16,19). The first-order chi connectivity index (χ1) is 9.04. The van der Waals surface area contributed by atoms with Crippen LogP contribution in [-0.2, 0) is 0 Å². The Morgan fingerprint density at radius 1 is 1.21 bits per heavy atom. The average Bonchev–Trinajstić information content (AvgIpc) is 2.35. The van der Waals surface area contributed by atoms with E-state index >= 15 is 0 Å². The topological polar surface area (TPSA) is 64.5 Å². The van der Waals surface area contributed by atoms with Crippen molar-refractivity contribution in [3.63, 3.8) is 0 Å². The fraction of sp³-hybridized carbons (Fsp3) is 0.462. The van der Waals surface area contributed by atoms with Crippen LogP contribution in [0.4, 0.5) is 5.69 Å². The molecule has 0 unspecified atom stereocenters. The first-order valence-corrected chi connectivity index (χ1v) is 7.79. The fourth-order valence-electron chi connectivity index (χ4n) is 1.57. The fourth-order valence-corrected chi connectivity index (χ4v) is 2.23. The van der Waals surface area contributed by atoms with Crippen molar-refractivity contribution in [1.82, 2.24) is 5.32 Å².